The molecule has 0 radical (unpaired) electrons. The second-order valence-corrected chi connectivity index (χ2v) is 5.06. The number of carbonyl (C=O) groups is 2. The van der Waals surface area contributed by atoms with E-state index in [0.717, 1.165) is 5.57 Å². The van der Waals surface area contributed by atoms with Crippen molar-refractivity contribution in [2.75, 3.05) is 6.61 Å². The van der Waals surface area contributed by atoms with Crippen LogP contribution in [-0.4, -0.2) is 18.4 Å². The quantitative estimate of drug-likeness (QED) is 0.473. The van der Waals surface area contributed by atoms with Crippen LogP contribution in [0.5, 0.6) is 0 Å². The molecular formula is C16H18O3. The first-order valence-electron chi connectivity index (χ1n) is 6.50. The van der Waals surface area contributed by atoms with Crippen LogP contribution in [-0.2, 0) is 9.53 Å². The third-order valence-electron chi connectivity index (χ3n) is 3.43. The summed E-state index contributed by atoms with van der Waals surface area (Å²) in [5.41, 5.74) is 1.56. The van der Waals surface area contributed by atoms with E-state index in [1.165, 1.54) is 0 Å². The first kappa shape index (κ1) is 13.5. The lowest BCUT2D eigenvalue weighted by Gasteiger charge is -2.29. The van der Waals surface area contributed by atoms with Gasteiger partial charge in [0.2, 0.25) is 0 Å². The molecule has 19 heavy (non-hydrogen) atoms. The fraction of sp³-hybridized carbons (Fsp3) is 0.375. The van der Waals surface area contributed by atoms with Gasteiger partial charge in [-0.05, 0) is 19.8 Å². The highest BCUT2D eigenvalue weighted by Gasteiger charge is 2.38. The predicted molar refractivity (Wildman–Crippen MR) is 72.8 cm³/mol. The Labute approximate surface area is 113 Å². The predicted octanol–water partition coefficient (Wildman–Crippen LogP) is 3.01. The number of benzene rings is 1. The Morgan fingerprint density at radius 1 is 1.37 bits per heavy atom. The van der Waals surface area contributed by atoms with Gasteiger partial charge in [0.15, 0.2) is 5.78 Å². The van der Waals surface area contributed by atoms with Crippen molar-refractivity contribution >= 4 is 11.8 Å². The molecule has 1 aliphatic rings. The summed E-state index contributed by atoms with van der Waals surface area (Å²) >= 11 is 0. The minimum absolute atomic E-state index is 0.0310. The van der Waals surface area contributed by atoms with Crippen LogP contribution in [0.3, 0.4) is 0 Å². The zero-order chi connectivity index (χ0) is 13.8. The maximum absolute atomic E-state index is 12.5. The van der Waals surface area contributed by atoms with Gasteiger partial charge >= 0.3 is 5.97 Å². The normalized spacial score (nSPS) is 22.7. The number of esters is 1. The van der Waals surface area contributed by atoms with Crippen molar-refractivity contribution in [1.82, 2.24) is 0 Å². The van der Waals surface area contributed by atoms with E-state index in [1.54, 1.807) is 12.1 Å². The average Bonchev–Trinajstić information content (AvgIpc) is 2.41. The molecule has 1 aromatic carbocycles. The maximum Gasteiger partial charge on any atom is 0.310 e. The Bertz CT molecular complexity index is 490. The number of Topliss-reactive ketones (excluding diaryl/α,β-unsaturated/α-hetero) is 1. The van der Waals surface area contributed by atoms with Gasteiger partial charge in [-0.25, -0.2) is 0 Å². The van der Waals surface area contributed by atoms with Crippen LogP contribution in [0.1, 0.15) is 30.1 Å². The van der Waals surface area contributed by atoms with E-state index < -0.39 is 0 Å². The fourth-order valence-electron chi connectivity index (χ4n) is 2.49. The lowest BCUT2D eigenvalue weighted by molar-refractivity contribution is -0.155. The molecule has 0 aliphatic carbocycles. The Balaban J connectivity index is 2.22. The summed E-state index contributed by atoms with van der Waals surface area (Å²) < 4.78 is 5.08. The lowest BCUT2D eigenvalue weighted by atomic mass is 9.79. The minimum Gasteiger partial charge on any atom is -0.465 e. The Morgan fingerprint density at radius 3 is 2.68 bits per heavy atom. The van der Waals surface area contributed by atoms with E-state index in [0.29, 0.717) is 25.0 Å². The minimum atomic E-state index is -0.390. The molecule has 100 valence electrons. The van der Waals surface area contributed by atoms with E-state index in [4.69, 9.17) is 4.74 Å². The molecule has 1 fully saturated rings. The van der Waals surface area contributed by atoms with Crippen molar-refractivity contribution in [1.29, 1.82) is 0 Å². The average molecular weight is 258 g/mol. The Morgan fingerprint density at radius 2 is 2.05 bits per heavy atom. The van der Waals surface area contributed by atoms with Crippen LogP contribution in [0.4, 0.5) is 0 Å². The number of hydrogen-bond acceptors (Lipinski definition) is 3. The number of hydrogen-bond donors (Lipinski definition) is 0. The molecule has 2 atom stereocenters. The van der Waals surface area contributed by atoms with E-state index >= 15 is 0 Å². The van der Waals surface area contributed by atoms with Crippen molar-refractivity contribution < 1.29 is 14.3 Å². The number of carbonyl (C=O) groups excluding carboxylic acids is 2. The van der Waals surface area contributed by atoms with Crippen molar-refractivity contribution in [3.8, 4) is 0 Å². The van der Waals surface area contributed by atoms with Gasteiger partial charge in [0, 0.05) is 11.5 Å². The van der Waals surface area contributed by atoms with Crippen LogP contribution in [0, 0.1) is 11.8 Å². The van der Waals surface area contributed by atoms with Gasteiger partial charge in [-0.3, -0.25) is 9.59 Å². The zero-order valence-corrected chi connectivity index (χ0v) is 11.1. The van der Waals surface area contributed by atoms with Gasteiger partial charge in [-0.1, -0.05) is 35.9 Å². The number of ketones is 1. The summed E-state index contributed by atoms with van der Waals surface area (Å²) in [6.07, 6.45) is 1.11. The molecule has 0 spiro atoms. The maximum atomic E-state index is 12.5. The summed E-state index contributed by atoms with van der Waals surface area (Å²) in [4.78, 5) is 24.4. The summed E-state index contributed by atoms with van der Waals surface area (Å²) in [6, 6.07) is 9.13. The molecule has 1 saturated heterocycles. The lowest BCUT2D eigenvalue weighted by Crippen LogP contribution is -2.37. The van der Waals surface area contributed by atoms with Crippen LogP contribution in [0.25, 0.3) is 0 Å². The van der Waals surface area contributed by atoms with E-state index in [9.17, 15) is 9.59 Å². The summed E-state index contributed by atoms with van der Waals surface area (Å²) in [6.45, 7) is 6.03. The highest BCUT2D eigenvalue weighted by Crippen LogP contribution is 2.30. The van der Waals surface area contributed by atoms with E-state index in [2.05, 4.69) is 6.58 Å². The van der Waals surface area contributed by atoms with E-state index in [-0.39, 0.29) is 23.6 Å². The number of allylic oxidation sites excluding steroid dienone is 1. The molecule has 1 heterocycles. The van der Waals surface area contributed by atoms with Gasteiger partial charge in [0.25, 0.3) is 0 Å². The standard InChI is InChI=1S/C16H18O3/c1-11(2)10-14-13(8-9-19-16(14)18)15(17)12-6-4-3-5-7-12/h3-7,13-14H,1,8-10H2,2H3/t13-,14+/m0/s1. The first-order chi connectivity index (χ1) is 9.09. The second-order valence-electron chi connectivity index (χ2n) is 5.06. The zero-order valence-electron chi connectivity index (χ0n) is 11.1. The van der Waals surface area contributed by atoms with Crippen LogP contribution in [0.15, 0.2) is 42.5 Å². The van der Waals surface area contributed by atoms with Gasteiger partial charge in [-0.15, -0.1) is 6.58 Å². The van der Waals surface area contributed by atoms with Crippen molar-refractivity contribution in [3.63, 3.8) is 0 Å². The largest absolute Gasteiger partial charge is 0.465 e. The Hall–Kier alpha value is -1.90. The second kappa shape index (κ2) is 5.83. The molecule has 0 N–H and O–H groups in total. The SMILES string of the molecule is C=C(C)C[C@H]1C(=O)OCC[C@@H]1C(=O)c1ccccc1. The van der Waals surface area contributed by atoms with Crippen molar-refractivity contribution in [3.05, 3.63) is 48.0 Å². The van der Waals surface area contributed by atoms with Gasteiger partial charge in [0.1, 0.15) is 0 Å². The molecular weight excluding hydrogens is 240 g/mol. The molecule has 0 saturated carbocycles. The molecule has 0 bridgehead atoms. The third kappa shape index (κ3) is 3.11. The summed E-state index contributed by atoms with van der Waals surface area (Å²) in [7, 11) is 0. The molecule has 3 nitrogen and oxygen atoms in total. The van der Waals surface area contributed by atoms with E-state index in [1.807, 2.05) is 25.1 Å². The summed E-state index contributed by atoms with van der Waals surface area (Å²) in [5, 5.41) is 0. The van der Waals surface area contributed by atoms with Crippen LogP contribution < -0.4 is 0 Å². The highest BCUT2D eigenvalue weighted by atomic mass is 16.5. The smallest absolute Gasteiger partial charge is 0.310 e. The van der Waals surface area contributed by atoms with Crippen molar-refractivity contribution in [2.24, 2.45) is 11.8 Å². The first-order valence-corrected chi connectivity index (χ1v) is 6.50. The van der Waals surface area contributed by atoms with Crippen LogP contribution in [0.2, 0.25) is 0 Å². The molecule has 2 rings (SSSR count). The topological polar surface area (TPSA) is 43.4 Å². The van der Waals surface area contributed by atoms with Crippen molar-refractivity contribution in [2.45, 2.75) is 19.8 Å². The molecule has 0 aromatic heterocycles. The van der Waals surface area contributed by atoms with Crippen LogP contribution >= 0.6 is 0 Å². The molecule has 0 unspecified atom stereocenters. The van der Waals surface area contributed by atoms with Gasteiger partial charge < -0.3 is 4.74 Å². The molecule has 1 aromatic rings. The molecule has 3 heteroatoms. The van der Waals surface area contributed by atoms with Gasteiger partial charge in [0.05, 0.1) is 12.5 Å². The fourth-order valence-corrected chi connectivity index (χ4v) is 2.49. The Kier molecular flexibility index (Phi) is 4.15. The number of cyclic esters (lactones) is 1. The number of rotatable bonds is 4. The molecule has 1 aliphatic heterocycles. The summed E-state index contributed by atoms with van der Waals surface area (Å²) in [5.74, 6) is -0.925. The molecule has 0 amide bonds. The third-order valence-corrected chi connectivity index (χ3v) is 3.43. The monoisotopic (exact) mass is 258 g/mol. The number of ether oxygens (including phenoxy) is 1. The highest BCUT2D eigenvalue weighted by molar-refractivity contribution is 6.00. The van der Waals surface area contributed by atoms with Gasteiger partial charge in [-0.2, -0.15) is 0 Å².